The van der Waals surface area contributed by atoms with E-state index in [1.807, 2.05) is 0 Å². The van der Waals surface area contributed by atoms with Crippen LogP contribution < -0.4 is 5.32 Å². The van der Waals surface area contributed by atoms with Gasteiger partial charge in [-0.25, -0.2) is 0 Å². The van der Waals surface area contributed by atoms with Gasteiger partial charge >= 0.3 is 0 Å². The Labute approximate surface area is 119 Å². The molecule has 114 valence electrons. The van der Waals surface area contributed by atoms with E-state index in [0.717, 1.165) is 38.6 Å². The van der Waals surface area contributed by atoms with Gasteiger partial charge in [0.25, 0.3) is 0 Å². The molecule has 0 bridgehead atoms. The number of nitrogens with one attached hydrogen (secondary N) is 1. The Kier molecular flexibility index (Phi) is 8.67. The van der Waals surface area contributed by atoms with E-state index >= 15 is 0 Å². The third-order valence-corrected chi connectivity index (χ3v) is 4.37. The van der Waals surface area contributed by atoms with E-state index in [0.29, 0.717) is 0 Å². The molecule has 0 aromatic carbocycles. The van der Waals surface area contributed by atoms with Crippen molar-refractivity contribution in [1.82, 2.24) is 5.32 Å². The van der Waals surface area contributed by atoms with Crippen LogP contribution in [0.2, 0.25) is 0 Å². The zero-order chi connectivity index (χ0) is 14.0. The van der Waals surface area contributed by atoms with E-state index in [1.165, 1.54) is 38.5 Å². The first-order valence-corrected chi connectivity index (χ1v) is 8.10. The zero-order valence-electron chi connectivity index (χ0n) is 13.2. The molecule has 1 rings (SSSR count). The smallest absolute Gasteiger partial charge is 0.0806 e. The van der Waals surface area contributed by atoms with Crippen LogP contribution in [-0.4, -0.2) is 39.0 Å². The average Bonchev–Trinajstić information content (AvgIpc) is 2.45. The molecule has 0 unspecified atom stereocenters. The van der Waals surface area contributed by atoms with Gasteiger partial charge in [-0.2, -0.15) is 0 Å². The number of hydrogen-bond donors (Lipinski definition) is 1. The first-order valence-electron chi connectivity index (χ1n) is 8.10. The fourth-order valence-electron chi connectivity index (χ4n) is 2.97. The van der Waals surface area contributed by atoms with Crippen molar-refractivity contribution in [2.45, 2.75) is 64.4 Å². The summed E-state index contributed by atoms with van der Waals surface area (Å²) in [6.07, 6.45) is 8.61. The second kappa shape index (κ2) is 9.73. The van der Waals surface area contributed by atoms with Gasteiger partial charge in [0.1, 0.15) is 0 Å². The molecule has 0 aliphatic heterocycles. The lowest BCUT2D eigenvalue weighted by atomic mass is 9.77. The van der Waals surface area contributed by atoms with Crippen molar-refractivity contribution in [2.75, 3.05) is 33.4 Å². The van der Waals surface area contributed by atoms with E-state index in [9.17, 15) is 0 Å². The Morgan fingerprint density at radius 3 is 2.47 bits per heavy atom. The van der Waals surface area contributed by atoms with Gasteiger partial charge in [0.05, 0.1) is 5.60 Å². The molecule has 3 nitrogen and oxygen atoms in total. The maximum absolute atomic E-state index is 6.27. The molecule has 1 N–H and O–H groups in total. The summed E-state index contributed by atoms with van der Waals surface area (Å²) in [5.74, 6) is 0.918. The molecular weight excluding hydrogens is 238 g/mol. The summed E-state index contributed by atoms with van der Waals surface area (Å²) in [5, 5.41) is 3.56. The predicted molar refractivity (Wildman–Crippen MR) is 80.6 cm³/mol. The topological polar surface area (TPSA) is 30.5 Å². The lowest BCUT2D eigenvalue weighted by molar-refractivity contribution is -0.0803. The average molecular weight is 271 g/mol. The Balaban J connectivity index is 2.38. The van der Waals surface area contributed by atoms with Crippen molar-refractivity contribution in [3.05, 3.63) is 0 Å². The highest BCUT2D eigenvalue weighted by molar-refractivity contribution is 4.89. The van der Waals surface area contributed by atoms with Crippen LogP contribution >= 0.6 is 0 Å². The monoisotopic (exact) mass is 271 g/mol. The fourth-order valence-corrected chi connectivity index (χ4v) is 2.97. The minimum Gasteiger partial charge on any atom is -0.385 e. The molecular formula is C16H33NO2. The summed E-state index contributed by atoms with van der Waals surface area (Å²) in [5.41, 5.74) is 0.0918. The normalized spacial score (nSPS) is 27.6. The molecule has 0 atom stereocenters. The molecule has 0 saturated heterocycles. The molecule has 3 heteroatoms. The van der Waals surface area contributed by atoms with Crippen LogP contribution in [0, 0.1) is 5.92 Å². The maximum atomic E-state index is 6.27. The van der Waals surface area contributed by atoms with Gasteiger partial charge in [0.15, 0.2) is 0 Å². The van der Waals surface area contributed by atoms with Crippen molar-refractivity contribution in [3.8, 4) is 0 Å². The Bertz CT molecular complexity index is 207. The third-order valence-electron chi connectivity index (χ3n) is 4.37. The van der Waals surface area contributed by atoms with E-state index in [4.69, 9.17) is 9.47 Å². The van der Waals surface area contributed by atoms with Gasteiger partial charge < -0.3 is 14.8 Å². The van der Waals surface area contributed by atoms with Crippen molar-refractivity contribution in [2.24, 2.45) is 5.92 Å². The zero-order valence-corrected chi connectivity index (χ0v) is 13.2. The van der Waals surface area contributed by atoms with Gasteiger partial charge in [0.2, 0.25) is 0 Å². The molecule has 0 spiro atoms. The second-order valence-corrected chi connectivity index (χ2v) is 5.91. The van der Waals surface area contributed by atoms with Gasteiger partial charge in [-0.15, -0.1) is 0 Å². The van der Waals surface area contributed by atoms with E-state index in [1.54, 1.807) is 7.11 Å². The van der Waals surface area contributed by atoms with Crippen LogP contribution in [0.4, 0.5) is 0 Å². The van der Waals surface area contributed by atoms with Crippen LogP contribution in [0.25, 0.3) is 0 Å². The summed E-state index contributed by atoms with van der Waals surface area (Å²) in [6.45, 7) is 8.28. The predicted octanol–water partition coefficient (Wildman–Crippen LogP) is 3.38. The molecule has 19 heavy (non-hydrogen) atoms. The van der Waals surface area contributed by atoms with E-state index in [-0.39, 0.29) is 5.60 Å². The summed E-state index contributed by atoms with van der Waals surface area (Å²) in [7, 11) is 1.75. The van der Waals surface area contributed by atoms with Crippen LogP contribution in [-0.2, 0) is 9.47 Å². The number of ether oxygens (including phenoxy) is 2. The molecule has 1 aliphatic rings. The van der Waals surface area contributed by atoms with Crippen molar-refractivity contribution < 1.29 is 9.47 Å². The Hall–Kier alpha value is -0.120. The maximum Gasteiger partial charge on any atom is 0.0806 e. The van der Waals surface area contributed by atoms with Crippen LogP contribution in [0.1, 0.15) is 58.8 Å². The van der Waals surface area contributed by atoms with Crippen molar-refractivity contribution in [3.63, 3.8) is 0 Å². The van der Waals surface area contributed by atoms with Gasteiger partial charge in [-0.1, -0.05) is 20.3 Å². The first kappa shape index (κ1) is 16.9. The quantitative estimate of drug-likeness (QED) is 0.618. The molecule has 1 fully saturated rings. The van der Waals surface area contributed by atoms with Gasteiger partial charge in [-0.05, 0) is 51.0 Å². The summed E-state index contributed by atoms with van der Waals surface area (Å²) < 4.78 is 11.4. The molecule has 0 radical (unpaired) electrons. The molecule has 0 aromatic heterocycles. The standard InChI is InChI=1S/C16H33NO2/c1-4-11-17-14-16(19-13-6-12-18-3)9-7-15(5-2)8-10-16/h15,17H,4-14H2,1-3H3. The number of rotatable bonds is 10. The SMILES string of the molecule is CCCNCC1(OCCCOC)CCC(CC)CC1. The molecule has 0 heterocycles. The number of methoxy groups -OCH3 is 1. The van der Waals surface area contributed by atoms with Gasteiger partial charge in [-0.3, -0.25) is 0 Å². The highest BCUT2D eigenvalue weighted by atomic mass is 16.5. The number of hydrogen-bond acceptors (Lipinski definition) is 3. The minimum absolute atomic E-state index is 0.0918. The molecule has 1 saturated carbocycles. The minimum atomic E-state index is 0.0918. The van der Waals surface area contributed by atoms with Crippen molar-refractivity contribution >= 4 is 0 Å². The lowest BCUT2D eigenvalue weighted by Gasteiger charge is -2.40. The highest BCUT2D eigenvalue weighted by Crippen LogP contribution is 2.36. The fraction of sp³-hybridized carbons (Fsp3) is 1.00. The molecule has 0 aromatic rings. The summed E-state index contributed by atoms with van der Waals surface area (Å²) in [6, 6.07) is 0. The van der Waals surface area contributed by atoms with Crippen LogP contribution in [0.5, 0.6) is 0 Å². The van der Waals surface area contributed by atoms with Crippen LogP contribution in [0.15, 0.2) is 0 Å². The second-order valence-electron chi connectivity index (χ2n) is 5.91. The highest BCUT2D eigenvalue weighted by Gasteiger charge is 2.35. The van der Waals surface area contributed by atoms with Crippen molar-refractivity contribution in [1.29, 1.82) is 0 Å². The molecule has 1 aliphatic carbocycles. The van der Waals surface area contributed by atoms with Gasteiger partial charge in [0, 0.05) is 26.9 Å². The Morgan fingerprint density at radius 2 is 1.89 bits per heavy atom. The van der Waals surface area contributed by atoms with E-state index < -0.39 is 0 Å². The van der Waals surface area contributed by atoms with E-state index in [2.05, 4.69) is 19.2 Å². The Morgan fingerprint density at radius 1 is 1.16 bits per heavy atom. The third kappa shape index (κ3) is 6.24. The molecule has 0 amide bonds. The summed E-state index contributed by atoms with van der Waals surface area (Å²) >= 11 is 0. The summed E-state index contributed by atoms with van der Waals surface area (Å²) in [4.78, 5) is 0. The lowest BCUT2D eigenvalue weighted by Crippen LogP contribution is -2.46. The first-order chi connectivity index (χ1) is 9.26. The largest absolute Gasteiger partial charge is 0.385 e. The van der Waals surface area contributed by atoms with Crippen LogP contribution in [0.3, 0.4) is 0 Å².